The molecule has 0 aromatic carbocycles. The van der Waals surface area contributed by atoms with Gasteiger partial charge in [0.1, 0.15) is 22.2 Å². The lowest BCUT2D eigenvalue weighted by molar-refractivity contribution is -0.120. The van der Waals surface area contributed by atoms with E-state index in [1.807, 2.05) is 0 Å². The van der Waals surface area contributed by atoms with Crippen molar-refractivity contribution in [3.8, 4) is 0 Å². The maximum absolute atomic E-state index is 11.1. The highest BCUT2D eigenvalue weighted by Gasteiger charge is 2.11. The molecule has 0 fully saturated rings. The monoisotopic (exact) mass is 298 g/mol. The highest BCUT2D eigenvalue weighted by atomic mass is 32.2. The molecular weight excluding hydrogens is 284 g/mol. The minimum Gasteiger partial charge on any atom is -0.353 e. The Morgan fingerprint density at radius 2 is 1.61 bits per heavy atom. The maximum Gasteiger partial charge on any atom is 0.235 e. The molecule has 0 aliphatic rings. The number of amides is 2. The highest BCUT2D eigenvalue weighted by Crippen LogP contribution is 1.89. The Kier molecular flexibility index (Phi) is 7.20. The molecule has 0 aromatic rings. The van der Waals surface area contributed by atoms with Crippen LogP contribution in [0.2, 0.25) is 0 Å². The molecule has 104 valence electrons. The molecule has 0 radical (unpaired) electrons. The lowest BCUT2D eigenvalue weighted by Crippen LogP contribution is -2.37. The van der Waals surface area contributed by atoms with Gasteiger partial charge in [-0.05, 0) is 0 Å². The van der Waals surface area contributed by atoms with Crippen LogP contribution in [0.5, 0.6) is 0 Å². The minimum absolute atomic E-state index is 0.00682. The van der Waals surface area contributed by atoms with E-state index in [1.54, 1.807) is 0 Å². The molecule has 0 heterocycles. The normalized spacial score (nSPS) is 10.9. The van der Waals surface area contributed by atoms with Gasteiger partial charge < -0.3 is 10.6 Å². The quantitative estimate of drug-likeness (QED) is 0.333. The molecule has 0 unspecified atom stereocenters. The van der Waals surface area contributed by atoms with Crippen molar-refractivity contribution in [2.24, 2.45) is 0 Å². The Morgan fingerprint density at radius 3 is 2.06 bits per heavy atom. The highest BCUT2D eigenvalue weighted by molar-refractivity contribution is 7.94. The average Bonchev–Trinajstić information content (AvgIpc) is 2.23. The summed E-state index contributed by atoms with van der Waals surface area (Å²) in [6.07, 6.45) is 0. The van der Waals surface area contributed by atoms with Gasteiger partial charge in [-0.3, -0.25) is 9.59 Å². The molecule has 0 spiro atoms. The van der Waals surface area contributed by atoms with Gasteiger partial charge in [0.2, 0.25) is 11.8 Å². The molecule has 18 heavy (non-hydrogen) atoms. The van der Waals surface area contributed by atoms with Crippen LogP contribution in [0.4, 0.5) is 0 Å². The van der Waals surface area contributed by atoms with Crippen LogP contribution in [0.25, 0.3) is 0 Å². The molecule has 0 aliphatic carbocycles. The summed E-state index contributed by atoms with van der Waals surface area (Å²) in [6.45, 7) is 3.07. The summed E-state index contributed by atoms with van der Waals surface area (Å²) in [5.41, 5.74) is 0. The number of carbonyl (C=O) groups excluding carboxylic acids is 2. The van der Waals surface area contributed by atoms with E-state index in [0.29, 0.717) is 5.41 Å². The number of hydrogen-bond donors (Lipinski definition) is 3. The van der Waals surface area contributed by atoms with Crippen molar-refractivity contribution in [3.63, 3.8) is 0 Å². The zero-order chi connectivity index (χ0) is 14.2. The van der Waals surface area contributed by atoms with E-state index < -0.39 is 43.9 Å². The van der Waals surface area contributed by atoms with E-state index in [4.69, 9.17) is 0 Å². The smallest absolute Gasteiger partial charge is 0.235 e. The summed E-state index contributed by atoms with van der Waals surface area (Å²) in [4.78, 5) is 21.9. The van der Waals surface area contributed by atoms with E-state index in [0.717, 1.165) is 0 Å². The summed E-state index contributed by atoms with van der Waals surface area (Å²) in [7, 11) is -6.39. The van der Waals surface area contributed by atoms with Crippen molar-refractivity contribution in [1.29, 1.82) is 0 Å². The summed E-state index contributed by atoms with van der Waals surface area (Å²) in [5.74, 6) is -2.73. The number of thiol groups is 1. The fourth-order valence-electron chi connectivity index (χ4n) is 0.870. The topological polar surface area (TPSA) is 126 Å². The molecule has 10 heteroatoms. The largest absolute Gasteiger partial charge is 0.353 e. The lowest BCUT2D eigenvalue weighted by Gasteiger charge is -2.05. The SMILES string of the molecule is C=CS(=O)(=O)CC(=O)NCCNC(=O)C[SH](=O)=O. The predicted molar refractivity (Wildman–Crippen MR) is 65.2 cm³/mol. The van der Waals surface area contributed by atoms with Gasteiger partial charge in [0, 0.05) is 18.5 Å². The van der Waals surface area contributed by atoms with Gasteiger partial charge in [-0.15, -0.1) is 0 Å². The van der Waals surface area contributed by atoms with Gasteiger partial charge in [-0.25, -0.2) is 16.8 Å². The van der Waals surface area contributed by atoms with Crippen molar-refractivity contribution >= 4 is 32.4 Å². The van der Waals surface area contributed by atoms with Crippen LogP contribution in [0.1, 0.15) is 0 Å². The molecule has 0 bridgehead atoms. The Morgan fingerprint density at radius 1 is 1.11 bits per heavy atom. The molecule has 0 aromatic heterocycles. The van der Waals surface area contributed by atoms with E-state index >= 15 is 0 Å². The zero-order valence-electron chi connectivity index (χ0n) is 9.42. The first-order chi connectivity index (χ1) is 8.26. The first-order valence-electron chi connectivity index (χ1n) is 4.77. The second-order valence-electron chi connectivity index (χ2n) is 3.16. The van der Waals surface area contributed by atoms with Crippen LogP contribution in [-0.2, 0) is 30.1 Å². The molecular formula is C8H14N2O6S2. The van der Waals surface area contributed by atoms with Gasteiger partial charge in [-0.2, -0.15) is 0 Å². The number of sulfone groups is 1. The van der Waals surface area contributed by atoms with Crippen molar-refractivity contribution in [2.45, 2.75) is 0 Å². The van der Waals surface area contributed by atoms with Crippen LogP contribution in [0.3, 0.4) is 0 Å². The predicted octanol–water partition coefficient (Wildman–Crippen LogP) is -2.61. The fourth-order valence-corrected chi connectivity index (χ4v) is 1.80. The molecule has 8 nitrogen and oxygen atoms in total. The van der Waals surface area contributed by atoms with Crippen LogP contribution in [0, 0.1) is 0 Å². The van der Waals surface area contributed by atoms with Crippen molar-refractivity contribution in [1.82, 2.24) is 10.6 Å². The summed E-state index contributed by atoms with van der Waals surface area (Å²) in [5, 5.41) is 5.17. The van der Waals surface area contributed by atoms with Gasteiger partial charge in [-0.1, -0.05) is 6.58 Å². The Hall–Kier alpha value is -1.42. The average molecular weight is 298 g/mol. The first-order valence-corrected chi connectivity index (χ1v) is 7.85. The van der Waals surface area contributed by atoms with Gasteiger partial charge in [0.05, 0.1) is 0 Å². The molecule has 0 atom stereocenters. The number of nitrogens with one attached hydrogen (secondary N) is 2. The maximum atomic E-state index is 11.1. The van der Waals surface area contributed by atoms with E-state index in [2.05, 4.69) is 17.2 Å². The summed E-state index contributed by atoms with van der Waals surface area (Å²) < 4.78 is 42.3. The van der Waals surface area contributed by atoms with Gasteiger partial charge in [0.25, 0.3) is 0 Å². The number of hydrogen-bond acceptors (Lipinski definition) is 6. The molecule has 0 saturated carbocycles. The third-order valence-corrected chi connectivity index (χ3v) is 3.35. The fraction of sp³-hybridized carbons (Fsp3) is 0.500. The molecule has 0 saturated heterocycles. The molecule has 0 aliphatic heterocycles. The van der Waals surface area contributed by atoms with E-state index in [9.17, 15) is 26.4 Å². The van der Waals surface area contributed by atoms with Crippen molar-refractivity contribution in [2.75, 3.05) is 24.6 Å². The zero-order valence-corrected chi connectivity index (χ0v) is 11.1. The number of rotatable bonds is 8. The van der Waals surface area contributed by atoms with E-state index in [-0.39, 0.29) is 13.1 Å². The van der Waals surface area contributed by atoms with Crippen molar-refractivity contribution < 1.29 is 26.4 Å². The summed E-state index contributed by atoms with van der Waals surface area (Å²) in [6, 6.07) is 0. The van der Waals surface area contributed by atoms with E-state index in [1.165, 1.54) is 0 Å². The van der Waals surface area contributed by atoms with Crippen LogP contribution >= 0.6 is 0 Å². The molecule has 0 rings (SSSR count). The third-order valence-electron chi connectivity index (χ3n) is 1.63. The van der Waals surface area contributed by atoms with Crippen LogP contribution in [0.15, 0.2) is 12.0 Å². The van der Waals surface area contributed by atoms with Crippen LogP contribution in [-0.4, -0.2) is 53.2 Å². The second-order valence-corrected chi connectivity index (χ2v) is 6.09. The van der Waals surface area contributed by atoms with Crippen molar-refractivity contribution in [3.05, 3.63) is 12.0 Å². The van der Waals surface area contributed by atoms with Gasteiger partial charge in [0.15, 0.2) is 9.84 Å². The second kappa shape index (κ2) is 7.82. The Bertz CT molecular complexity index is 486. The lowest BCUT2D eigenvalue weighted by atomic mass is 10.5. The molecule has 2 amide bonds. The Labute approximate surface area is 106 Å². The standard InChI is InChI=1S/C8H14N2O6S2/c1-2-18(15,16)6-8(12)10-4-3-9-7(11)5-17(13)14/h2,17H,1,3-6H2,(H,9,11)(H,10,12). The van der Waals surface area contributed by atoms with Crippen LogP contribution < -0.4 is 10.6 Å². The third kappa shape index (κ3) is 8.70. The summed E-state index contributed by atoms with van der Waals surface area (Å²) >= 11 is 0. The first kappa shape index (κ1) is 16.6. The Balaban J connectivity index is 3.83. The number of carbonyl (C=O) groups is 2. The minimum atomic E-state index is -3.60. The van der Waals surface area contributed by atoms with Gasteiger partial charge >= 0.3 is 0 Å². The molecule has 2 N–H and O–H groups in total.